The molecule has 1 aliphatic heterocycles. The van der Waals surface area contributed by atoms with Gasteiger partial charge in [0.15, 0.2) is 5.78 Å². The van der Waals surface area contributed by atoms with Gasteiger partial charge in [0.1, 0.15) is 11.4 Å². The number of ether oxygens (including phenoxy) is 1. The Kier molecular flexibility index (Phi) is 6.41. The smallest absolute Gasteiger partial charge is 0.251 e. The second-order valence-electron chi connectivity index (χ2n) is 7.20. The Bertz CT molecular complexity index is 593. The molecule has 0 atom stereocenters. The molecule has 1 aliphatic rings. The molecule has 1 heterocycles. The van der Waals surface area contributed by atoms with E-state index in [0.717, 1.165) is 12.8 Å². The van der Waals surface area contributed by atoms with Gasteiger partial charge in [-0.3, -0.25) is 9.59 Å². The van der Waals surface area contributed by atoms with E-state index >= 15 is 0 Å². The largest absolute Gasteiger partial charge is 0.487 e. The Balaban J connectivity index is 1.86. The van der Waals surface area contributed by atoms with Crippen molar-refractivity contribution in [3.63, 3.8) is 0 Å². The van der Waals surface area contributed by atoms with Crippen molar-refractivity contribution in [3.8, 4) is 5.75 Å². The predicted molar refractivity (Wildman–Crippen MR) is 95.8 cm³/mol. The number of unbranched alkanes of at least 4 members (excludes halogenated alkanes) is 5. The SMILES string of the molecule is CCCCCCCCNC(=O)c1ccc2c(c1)C(=O)CC(C)(C)O2. The van der Waals surface area contributed by atoms with Crippen molar-refractivity contribution in [3.05, 3.63) is 29.3 Å². The van der Waals surface area contributed by atoms with Gasteiger partial charge in [0.2, 0.25) is 0 Å². The maximum atomic E-state index is 12.2. The van der Waals surface area contributed by atoms with E-state index in [-0.39, 0.29) is 11.7 Å². The van der Waals surface area contributed by atoms with Crippen molar-refractivity contribution in [2.45, 2.75) is 71.3 Å². The van der Waals surface area contributed by atoms with Crippen LogP contribution in [0.15, 0.2) is 18.2 Å². The second kappa shape index (κ2) is 8.32. The first kappa shape index (κ1) is 18.5. The van der Waals surface area contributed by atoms with E-state index in [0.29, 0.717) is 29.8 Å². The van der Waals surface area contributed by atoms with E-state index in [4.69, 9.17) is 4.74 Å². The summed E-state index contributed by atoms with van der Waals surface area (Å²) in [6.45, 7) is 6.68. The fourth-order valence-corrected chi connectivity index (χ4v) is 3.00. The van der Waals surface area contributed by atoms with Gasteiger partial charge in [-0.25, -0.2) is 0 Å². The monoisotopic (exact) mass is 331 g/mol. The number of benzene rings is 1. The Morgan fingerprint density at radius 3 is 2.62 bits per heavy atom. The minimum absolute atomic E-state index is 0.0341. The van der Waals surface area contributed by atoms with Gasteiger partial charge in [-0.15, -0.1) is 0 Å². The molecule has 1 aromatic rings. The summed E-state index contributed by atoms with van der Waals surface area (Å²) < 4.78 is 5.82. The van der Waals surface area contributed by atoms with Gasteiger partial charge in [0, 0.05) is 12.1 Å². The van der Waals surface area contributed by atoms with Gasteiger partial charge in [-0.1, -0.05) is 39.0 Å². The normalized spacial score (nSPS) is 15.5. The molecule has 0 aliphatic carbocycles. The molecule has 0 aromatic heterocycles. The molecule has 1 N–H and O–H groups in total. The van der Waals surface area contributed by atoms with Gasteiger partial charge in [-0.05, 0) is 38.5 Å². The van der Waals surface area contributed by atoms with E-state index in [1.165, 1.54) is 25.7 Å². The molecule has 2 rings (SSSR count). The minimum atomic E-state index is -0.481. The first-order valence-electron chi connectivity index (χ1n) is 9.07. The molecule has 4 nitrogen and oxygen atoms in total. The molecule has 132 valence electrons. The van der Waals surface area contributed by atoms with Crippen LogP contribution in [-0.2, 0) is 0 Å². The Morgan fingerprint density at radius 2 is 1.88 bits per heavy atom. The highest BCUT2D eigenvalue weighted by Gasteiger charge is 2.32. The molecule has 1 aromatic carbocycles. The average Bonchev–Trinajstić information content (AvgIpc) is 2.52. The molecule has 0 unspecified atom stereocenters. The fourth-order valence-electron chi connectivity index (χ4n) is 3.00. The number of rotatable bonds is 8. The number of carbonyl (C=O) groups excluding carboxylic acids is 2. The predicted octanol–water partition coefficient (Wildman–Crippen LogP) is 4.52. The molecule has 0 bridgehead atoms. The van der Waals surface area contributed by atoms with Crippen molar-refractivity contribution >= 4 is 11.7 Å². The van der Waals surface area contributed by atoms with Crippen molar-refractivity contribution < 1.29 is 14.3 Å². The third-order valence-corrected chi connectivity index (χ3v) is 4.33. The van der Waals surface area contributed by atoms with Gasteiger partial charge in [-0.2, -0.15) is 0 Å². The Morgan fingerprint density at radius 1 is 1.17 bits per heavy atom. The van der Waals surface area contributed by atoms with Gasteiger partial charge in [0.25, 0.3) is 5.91 Å². The number of hydrogen-bond acceptors (Lipinski definition) is 3. The van der Waals surface area contributed by atoms with E-state index in [2.05, 4.69) is 12.2 Å². The lowest BCUT2D eigenvalue weighted by molar-refractivity contribution is 0.0620. The van der Waals surface area contributed by atoms with Crippen LogP contribution in [0.3, 0.4) is 0 Å². The summed E-state index contributed by atoms with van der Waals surface area (Å²) in [5.74, 6) is 0.486. The quantitative estimate of drug-likeness (QED) is 0.713. The summed E-state index contributed by atoms with van der Waals surface area (Å²) in [6, 6.07) is 5.11. The maximum Gasteiger partial charge on any atom is 0.251 e. The van der Waals surface area contributed by atoms with Crippen LogP contribution in [0, 0.1) is 0 Å². The highest BCUT2D eigenvalue weighted by molar-refractivity contribution is 6.03. The van der Waals surface area contributed by atoms with Crippen LogP contribution >= 0.6 is 0 Å². The Labute approximate surface area is 145 Å². The average molecular weight is 331 g/mol. The van der Waals surface area contributed by atoms with Crippen molar-refractivity contribution in [1.29, 1.82) is 0 Å². The van der Waals surface area contributed by atoms with Crippen molar-refractivity contribution in [2.24, 2.45) is 0 Å². The molecule has 0 spiro atoms. The van der Waals surface area contributed by atoms with Crippen LogP contribution in [-0.4, -0.2) is 23.8 Å². The van der Waals surface area contributed by atoms with E-state index in [9.17, 15) is 9.59 Å². The lowest BCUT2D eigenvalue weighted by atomic mass is 9.92. The zero-order valence-electron chi connectivity index (χ0n) is 15.1. The Hall–Kier alpha value is -1.84. The molecule has 24 heavy (non-hydrogen) atoms. The number of nitrogens with one attached hydrogen (secondary N) is 1. The summed E-state index contributed by atoms with van der Waals surface area (Å²) >= 11 is 0. The zero-order valence-corrected chi connectivity index (χ0v) is 15.1. The molecule has 0 saturated carbocycles. The summed E-state index contributed by atoms with van der Waals surface area (Å²) in [6.07, 6.45) is 7.51. The third kappa shape index (κ3) is 5.08. The summed E-state index contributed by atoms with van der Waals surface area (Å²) in [5.41, 5.74) is 0.559. The molecule has 1 amide bonds. The van der Waals surface area contributed by atoms with Crippen LogP contribution in [0.1, 0.15) is 86.4 Å². The van der Waals surface area contributed by atoms with Crippen LogP contribution in [0.5, 0.6) is 5.75 Å². The number of ketones is 1. The maximum absolute atomic E-state index is 12.2. The van der Waals surface area contributed by atoms with Gasteiger partial charge < -0.3 is 10.1 Å². The van der Waals surface area contributed by atoms with Crippen LogP contribution in [0.25, 0.3) is 0 Å². The lowest BCUT2D eigenvalue weighted by Gasteiger charge is -2.31. The molecule has 0 radical (unpaired) electrons. The fraction of sp³-hybridized carbons (Fsp3) is 0.600. The molecule has 4 heteroatoms. The van der Waals surface area contributed by atoms with Gasteiger partial charge >= 0.3 is 0 Å². The third-order valence-electron chi connectivity index (χ3n) is 4.33. The molecule has 0 saturated heterocycles. The lowest BCUT2D eigenvalue weighted by Crippen LogP contribution is -2.36. The highest BCUT2D eigenvalue weighted by atomic mass is 16.5. The first-order chi connectivity index (χ1) is 11.4. The summed E-state index contributed by atoms with van der Waals surface area (Å²) in [4.78, 5) is 24.5. The first-order valence-corrected chi connectivity index (χ1v) is 9.07. The van der Waals surface area contributed by atoms with Crippen LogP contribution < -0.4 is 10.1 Å². The van der Waals surface area contributed by atoms with Crippen molar-refractivity contribution in [1.82, 2.24) is 5.32 Å². The summed E-state index contributed by atoms with van der Waals surface area (Å²) in [5, 5.41) is 2.94. The van der Waals surface area contributed by atoms with E-state index in [1.54, 1.807) is 18.2 Å². The number of amides is 1. The number of Topliss-reactive ketones (excluding diaryl/α,β-unsaturated/α-hetero) is 1. The minimum Gasteiger partial charge on any atom is -0.487 e. The number of hydrogen-bond donors (Lipinski definition) is 1. The number of carbonyl (C=O) groups is 2. The molecular weight excluding hydrogens is 302 g/mol. The van der Waals surface area contributed by atoms with Crippen molar-refractivity contribution in [2.75, 3.05) is 6.54 Å². The second-order valence-corrected chi connectivity index (χ2v) is 7.20. The molecular formula is C20H29NO3. The zero-order chi connectivity index (χ0) is 17.6. The highest BCUT2D eigenvalue weighted by Crippen LogP contribution is 2.33. The number of fused-ring (bicyclic) bond motifs is 1. The standard InChI is InChI=1S/C20H29NO3/c1-4-5-6-7-8-9-12-21-19(23)15-10-11-18-16(13-15)17(22)14-20(2,3)24-18/h10-11,13H,4-9,12,14H2,1-3H3,(H,21,23). The van der Waals surface area contributed by atoms with Crippen LogP contribution in [0.2, 0.25) is 0 Å². The molecule has 0 fully saturated rings. The topological polar surface area (TPSA) is 55.4 Å². The summed E-state index contributed by atoms with van der Waals surface area (Å²) in [7, 11) is 0. The van der Waals surface area contributed by atoms with E-state index in [1.807, 2.05) is 13.8 Å². The van der Waals surface area contributed by atoms with Gasteiger partial charge in [0.05, 0.1) is 12.0 Å². The van der Waals surface area contributed by atoms with E-state index < -0.39 is 5.60 Å². The van der Waals surface area contributed by atoms with Crippen LogP contribution in [0.4, 0.5) is 0 Å².